The predicted octanol–water partition coefficient (Wildman–Crippen LogP) is 1.49. The first kappa shape index (κ1) is 16.8. The molecule has 0 aliphatic rings. The van der Waals surface area contributed by atoms with E-state index >= 15 is 0 Å². The molecular formula is C13H30N2O2. The van der Waals surface area contributed by atoms with Crippen LogP contribution in [0.5, 0.6) is 0 Å². The highest BCUT2D eigenvalue weighted by molar-refractivity contribution is 4.77. The first-order chi connectivity index (χ1) is 8.17. The standard InChI is InChI=1S/C13H30N2O2/c1-5-13(14)12(4)15(8-10-16-6-2)9-11-17-7-3/h12-13H,5-11,14H2,1-4H3. The second-order valence-corrected chi connectivity index (χ2v) is 4.24. The zero-order chi connectivity index (χ0) is 13.1. The summed E-state index contributed by atoms with van der Waals surface area (Å²) >= 11 is 0. The van der Waals surface area contributed by atoms with E-state index in [1.54, 1.807) is 0 Å². The largest absolute Gasteiger partial charge is 0.380 e. The summed E-state index contributed by atoms with van der Waals surface area (Å²) in [4.78, 5) is 2.36. The average molecular weight is 246 g/mol. The lowest BCUT2D eigenvalue weighted by Crippen LogP contribution is -2.48. The molecule has 0 aromatic rings. The van der Waals surface area contributed by atoms with Gasteiger partial charge in [-0.25, -0.2) is 0 Å². The minimum absolute atomic E-state index is 0.221. The van der Waals surface area contributed by atoms with E-state index in [-0.39, 0.29) is 6.04 Å². The van der Waals surface area contributed by atoms with Crippen LogP contribution in [0.4, 0.5) is 0 Å². The third-order valence-corrected chi connectivity index (χ3v) is 3.12. The summed E-state index contributed by atoms with van der Waals surface area (Å²) in [5.74, 6) is 0. The molecule has 104 valence electrons. The Morgan fingerprint density at radius 1 is 1.00 bits per heavy atom. The van der Waals surface area contributed by atoms with Crippen LogP contribution >= 0.6 is 0 Å². The predicted molar refractivity (Wildman–Crippen MR) is 72.3 cm³/mol. The number of hydrogen-bond donors (Lipinski definition) is 1. The monoisotopic (exact) mass is 246 g/mol. The van der Waals surface area contributed by atoms with Crippen LogP contribution < -0.4 is 5.73 Å². The summed E-state index contributed by atoms with van der Waals surface area (Å²) in [6.07, 6.45) is 1.00. The van der Waals surface area contributed by atoms with Gasteiger partial charge in [-0.05, 0) is 27.2 Å². The lowest BCUT2D eigenvalue weighted by Gasteiger charge is -2.32. The van der Waals surface area contributed by atoms with Crippen molar-refractivity contribution < 1.29 is 9.47 Å². The molecule has 0 saturated heterocycles. The second-order valence-electron chi connectivity index (χ2n) is 4.24. The first-order valence-electron chi connectivity index (χ1n) is 6.82. The molecule has 4 heteroatoms. The van der Waals surface area contributed by atoms with E-state index in [9.17, 15) is 0 Å². The van der Waals surface area contributed by atoms with Gasteiger partial charge in [0.1, 0.15) is 0 Å². The molecule has 0 aromatic heterocycles. The fraction of sp³-hybridized carbons (Fsp3) is 1.00. The molecular weight excluding hydrogens is 216 g/mol. The number of ether oxygens (including phenoxy) is 2. The molecule has 0 amide bonds. The van der Waals surface area contributed by atoms with Crippen LogP contribution in [0.15, 0.2) is 0 Å². The highest BCUT2D eigenvalue weighted by atomic mass is 16.5. The Labute approximate surface area is 106 Å². The maximum absolute atomic E-state index is 6.10. The Morgan fingerprint density at radius 2 is 1.47 bits per heavy atom. The second kappa shape index (κ2) is 11.0. The van der Waals surface area contributed by atoms with Crippen LogP contribution in [-0.2, 0) is 9.47 Å². The SMILES string of the molecule is CCOCCN(CCOCC)C(C)C(N)CC. The van der Waals surface area contributed by atoms with E-state index in [1.165, 1.54) is 0 Å². The fourth-order valence-electron chi connectivity index (χ4n) is 1.78. The topological polar surface area (TPSA) is 47.7 Å². The van der Waals surface area contributed by atoms with Crippen molar-refractivity contribution in [1.82, 2.24) is 4.90 Å². The highest BCUT2D eigenvalue weighted by Crippen LogP contribution is 2.05. The highest BCUT2D eigenvalue weighted by Gasteiger charge is 2.18. The van der Waals surface area contributed by atoms with Crippen LogP contribution in [0.3, 0.4) is 0 Å². The van der Waals surface area contributed by atoms with Crippen LogP contribution in [0.2, 0.25) is 0 Å². The zero-order valence-corrected chi connectivity index (χ0v) is 11.9. The first-order valence-corrected chi connectivity index (χ1v) is 6.82. The van der Waals surface area contributed by atoms with Crippen LogP contribution in [0, 0.1) is 0 Å². The van der Waals surface area contributed by atoms with Gasteiger partial charge in [0.25, 0.3) is 0 Å². The summed E-state index contributed by atoms with van der Waals surface area (Å²) in [5.41, 5.74) is 6.10. The summed E-state index contributed by atoms with van der Waals surface area (Å²) in [7, 11) is 0. The Balaban J connectivity index is 4.07. The summed E-state index contributed by atoms with van der Waals surface area (Å²) in [6, 6.07) is 0.596. The van der Waals surface area contributed by atoms with E-state index < -0.39 is 0 Å². The lowest BCUT2D eigenvalue weighted by molar-refractivity contribution is 0.0603. The van der Waals surface area contributed by atoms with Gasteiger partial charge in [0, 0.05) is 38.4 Å². The smallest absolute Gasteiger partial charge is 0.0593 e. The summed E-state index contributed by atoms with van der Waals surface area (Å²) in [6.45, 7) is 13.3. The van der Waals surface area contributed by atoms with Crippen molar-refractivity contribution in [3.63, 3.8) is 0 Å². The van der Waals surface area contributed by atoms with E-state index in [1.807, 2.05) is 13.8 Å². The van der Waals surface area contributed by atoms with Crippen molar-refractivity contribution in [2.75, 3.05) is 39.5 Å². The van der Waals surface area contributed by atoms with Gasteiger partial charge in [0.15, 0.2) is 0 Å². The van der Waals surface area contributed by atoms with Crippen LogP contribution in [-0.4, -0.2) is 56.5 Å². The molecule has 0 bridgehead atoms. The molecule has 0 aliphatic carbocycles. The van der Waals surface area contributed by atoms with Crippen molar-refractivity contribution in [3.05, 3.63) is 0 Å². The van der Waals surface area contributed by atoms with Gasteiger partial charge in [-0.3, -0.25) is 4.90 Å². The average Bonchev–Trinajstić information content (AvgIpc) is 2.35. The summed E-state index contributed by atoms with van der Waals surface area (Å²) < 4.78 is 10.8. The van der Waals surface area contributed by atoms with Crippen molar-refractivity contribution in [3.8, 4) is 0 Å². The van der Waals surface area contributed by atoms with E-state index in [4.69, 9.17) is 15.2 Å². The van der Waals surface area contributed by atoms with Gasteiger partial charge in [-0.15, -0.1) is 0 Å². The molecule has 0 rings (SSSR count). The van der Waals surface area contributed by atoms with Crippen molar-refractivity contribution in [2.45, 2.75) is 46.2 Å². The third-order valence-electron chi connectivity index (χ3n) is 3.12. The Kier molecular flexibility index (Phi) is 10.9. The molecule has 0 fully saturated rings. The molecule has 0 heterocycles. The molecule has 17 heavy (non-hydrogen) atoms. The minimum atomic E-state index is 0.221. The molecule has 0 saturated carbocycles. The molecule has 2 N–H and O–H groups in total. The number of rotatable bonds is 11. The van der Waals surface area contributed by atoms with Crippen LogP contribution in [0.1, 0.15) is 34.1 Å². The van der Waals surface area contributed by atoms with E-state index in [2.05, 4.69) is 18.7 Å². The zero-order valence-electron chi connectivity index (χ0n) is 11.9. The molecule has 0 spiro atoms. The van der Waals surface area contributed by atoms with E-state index in [0.29, 0.717) is 6.04 Å². The molecule has 2 atom stereocenters. The number of nitrogens with two attached hydrogens (primary N) is 1. The molecule has 2 unspecified atom stereocenters. The molecule has 0 radical (unpaired) electrons. The number of nitrogens with zero attached hydrogens (tertiary/aromatic N) is 1. The normalized spacial score (nSPS) is 15.2. The van der Waals surface area contributed by atoms with Crippen molar-refractivity contribution >= 4 is 0 Å². The van der Waals surface area contributed by atoms with Gasteiger partial charge < -0.3 is 15.2 Å². The van der Waals surface area contributed by atoms with Crippen LogP contribution in [0.25, 0.3) is 0 Å². The fourth-order valence-corrected chi connectivity index (χ4v) is 1.78. The van der Waals surface area contributed by atoms with Crippen molar-refractivity contribution in [1.29, 1.82) is 0 Å². The summed E-state index contributed by atoms with van der Waals surface area (Å²) in [5, 5.41) is 0. The maximum atomic E-state index is 6.10. The van der Waals surface area contributed by atoms with E-state index in [0.717, 1.165) is 45.9 Å². The number of hydrogen-bond acceptors (Lipinski definition) is 4. The van der Waals surface area contributed by atoms with Gasteiger partial charge in [-0.2, -0.15) is 0 Å². The quantitative estimate of drug-likeness (QED) is 0.561. The van der Waals surface area contributed by atoms with Gasteiger partial charge >= 0.3 is 0 Å². The maximum Gasteiger partial charge on any atom is 0.0593 e. The van der Waals surface area contributed by atoms with Crippen molar-refractivity contribution in [2.24, 2.45) is 5.73 Å². The Hall–Kier alpha value is -0.160. The molecule has 0 aliphatic heterocycles. The van der Waals surface area contributed by atoms with Gasteiger partial charge in [-0.1, -0.05) is 6.92 Å². The molecule has 0 aromatic carbocycles. The Morgan fingerprint density at radius 3 is 1.82 bits per heavy atom. The third kappa shape index (κ3) is 7.71. The minimum Gasteiger partial charge on any atom is -0.380 e. The van der Waals surface area contributed by atoms with Gasteiger partial charge in [0.2, 0.25) is 0 Å². The lowest BCUT2D eigenvalue weighted by atomic mass is 10.1. The Bertz CT molecular complexity index is 157. The van der Waals surface area contributed by atoms with Gasteiger partial charge in [0.05, 0.1) is 13.2 Å². The molecule has 4 nitrogen and oxygen atoms in total.